The number of aromatic carboxylic acids is 1. The Bertz CT molecular complexity index is 1400. The molecule has 2 amide bonds. The summed E-state index contributed by atoms with van der Waals surface area (Å²) in [5.41, 5.74) is -0.00510. The molecule has 3 aromatic rings. The summed E-state index contributed by atoms with van der Waals surface area (Å²) in [4.78, 5) is 26.6. The Balaban J connectivity index is 1.82. The lowest BCUT2D eigenvalue weighted by Crippen LogP contribution is -2.43. The van der Waals surface area contributed by atoms with Gasteiger partial charge in [-0.25, -0.2) is 27.2 Å². The highest BCUT2D eigenvalue weighted by Crippen LogP contribution is 2.41. The number of urea groups is 1. The zero-order valence-electron chi connectivity index (χ0n) is 22.2. The number of halogens is 4. The third-order valence-corrected chi connectivity index (χ3v) is 6.70. The van der Waals surface area contributed by atoms with Crippen molar-refractivity contribution in [1.29, 1.82) is 0 Å². The van der Waals surface area contributed by atoms with Gasteiger partial charge >= 0.3 is 12.0 Å². The van der Waals surface area contributed by atoms with Crippen LogP contribution in [0.3, 0.4) is 0 Å². The van der Waals surface area contributed by atoms with Gasteiger partial charge in [-0.15, -0.1) is 0 Å². The molecule has 2 aromatic carbocycles. The monoisotopic (exact) mass is 562 g/mol. The summed E-state index contributed by atoms with van der Waals surface area (Å²) in [5.74, 6) is -5.72. The van der Waals surface area contributed by atoms with Gasteiger partial charge in [-0.1, -0.05) is 19.0 Å². The lowest BCUT2D eigenvalue weighted by Gasteiger charge is -2.40. The van der Waals surface area contributed by atoms with Crippen LogP contribution in [0.2, 0.25) is 0 Å². The molecule has 1 saturated carbocycles. The number of hydrogen-bond acceptors (Lipinski definition) is 5. The summed E-state index contributed by atoms with van der Waals surface area (Å²) >= 11 is 0. The Labute approximate surface area is 228 Å². The molecular weight excluding hydrogens is 532 g/mol. The van der Waals surface area contributed by atoms with Crippen molar-refractivity contribution in [2.45, 2.75) is 58.4 Å². The zero-order valence-corrected chi connectivity index (χ0v) is 22.2. The fourth-order valence-electron chi connectivity index (χ4n) is 4.89. The van der Waals surface area contributed by atoms with Gasteiger partial charge in [0.1, 0.15) is 11.6 Å². The smallest absolute Gasteiger partial charge is 0.336 e. The predicted octanol–water partition coefficient (Wildman–Crippen LogP) is 7.31. The fraction of sp³-hybridized carbons (Fsp3) is 0.393. The largest absolute Gasteiger partial charge is 0.478 e. The third-order valence-electron chi connectivity index (χ3n) is 6.70. The number of nitrogens with zero attached hydrogens (tertiary/aromatic N) is 2. The number of alkyl halides is 2. The SMILES string of the molecule is Cc1cc(NC(=O)Nc2cc(-c3cc(F)ccc3C(=O)O)c(F)cc2N(CC(C)C)C2CCC(F)(F)CC2)on1. The maximum absolute atomic E-state index is 15.8. The van der Waals surface area contributed by atoms with E-state index < -0.39 is 29.6 Å². The van der Waals surface area contributed by atoms with Crippen molar-refractivity contribution in [2.75, 3.05) is 22.1 Å². The molecule has 1 aromatic heterocycles. The van der Waals surface area contributed by atoms with E-state index in [1.165, 1.54) is 12.1 Å². The average Bonchev–Trinajstić information content (AvgIpc) is 3.27. The number of rotatable bonds is 8. The molecule has 0 bridgehead atoms. The Kier molecular flexibility index (Phi) is 8.36. The Morgan fingerprint density at radius 3 is 2.40 bits per heavy atom. The molecule has 8 nitrogen and oxygen atoms in total. The molecular formula is C28H30F4N4O4. The number of amides is 2. The molecule has 0 spiro atoms. The summed E-state index contributed by atoms with van der Waals surface area (Å²) in [6.45, 7) is 5.88. The van der Waals surface area contributed by atoms with Gasteiger partial charge in [-0.3, -0.25) is 5.32 Å². The molecule has 0 aliphatic heterocycles. The van der Waals surface area contributed by atoms with Crippen molar-refractivity contribution in [3.63, 3.8) is 0 Å². The average molecular weight is 563 g/mol. The number of benzene rings is 2. The molecule has 4 rings (SSSR count). The lowest BCUT2D eigenvalue weighted by atomic mass is 9.90. The van der Waals surface area contributed by atoms with E-state index in [4.69, 9.17) is 4.52 Å². The summed E-state index contributed by atoms with van der Waals surface area (Å²) in [5, 5.41) is 18.5. The minimum Gasteiger partial charge on any atom is -0.478 e. The first-order valence-corrected chi connectivity index (χ1v) is 12.9. The molecule has 0 atom stereocenters. The predicted molar refractivity (Wildman–Crippen MR) is 142 cm³/mol. The van der Waals surface area contributed by atoms with Crippen LogP contribution in [0.5, 0.6) is 0 Å². The van der Waals surface area contributed by atoms with E-state index >= 15 is 4.39 Å². The third kappa shape index (κ3) is 6.72. The van der Waals surface area contributed by atoms with E-state index in [0.717, 1.165) is 24.3 Å². The number of carboxylic acids is 1. The number of aromatic nitrogens is 1. The molecule has 3 N–H and O–H groups in total. The molecule has 40 heavy (non-hydrogen) atoms. The van der Waals surface area contributed by atoms with Crippen LogP contribution in [0.15, 0.2) is 40.9 Å². The van der Waals surface area contributed by atoms with Gasteiger partial charge in [0.05, 0.1) is 22.6 Å². The molecule has 0 radical (unpaired) electrons. The highest BCUT2D eigenvalue weighted by Gasteiger charge is 2.38. The van der Waals surface area contributed by atoms with Crippen LogP contribution < -0.4 is 15.5 Å². The topological polar surface area (TPSA) is 108 Å². The zero-order chi connectivity index (χ0) is 29.2. The van der Waals surface area contributed by atoms with Gasteiger partial charge in [0.2, 0.25) is 11.8 Å². The summed E-state index contributed by atoms with van der Waals surface area (Å²) in [6, 6.07) is 5.57. The normalized spacial score (nSPS) is 15.2. The fourth-order valence-corrected chi connectivity index (χ4v) is 4.89. The number of aryl methyl sites for hydroxylation is 1. The van der Waals surface area contributed by atoms with Crippen LogP contribution in [0.1, 0.15) is 55.6 Å². The van der Waals surface area contributed by atoms with Gasteiger partial charge in [0.25, 0.3) is 0 Å². The van der Waals surface area contributed by atoms with Crippen molar-refractivity contribution in [2.24, 2.45) is 5.92 Å². The van der Waals surface area contributed by atoms with Crippen LogP contribution in [-0.4, -0.2) is 40.8 Å². The number of carboxylic acid groups (broad SMARTS) is 1. The van der Waals surface area contributed by atoms with E-state index in [1.807, 2.05) is 13.8 Å². The number of hydrogen-bond donors (Lipinski definition) is 3. The summed E-state index contributed by atoms with van der Waals surface area (Å²) < 4.78 is 62.9. The molecule has 0 unspecified atom stereocenters. The van der Waals surface area contributed by atoms with Crippen molar-refractivity contribution < 1.29 is 36.8 Å². The van der Waals surface area contributed by atoms with Gasteiger partial charge in [0, 0.05) is 42.6 Å². The van der Waals surface area contributed by atoms with Crippen LogP contribution >= 0.6 is 0 Å². The van der Waals surface area contributed by atoms with Crippen molar-refractivity contribution >= 4 is 29.3 Å². The number of nitrogens with one attached hydrogen (secondary N) is 2. The highest BCUT2D eigenvalue weighted by molar-refractivity contribution is 6.03. The number of anilines is 3. The number of carbonyl (C=O) groups excluding carboxylic acids is 1. The molecule has 1 fully saturated rings. The standard InChI is InChI=1S/C28H30F4N4O4/c1-15(2)14-36(18-6-8-28(31,32)9-7-18)24-13-22(30)21(20-11-17(29)4-5-19(20)26(37)38)12-23(24)33-27(39)34-25-10-16(3)35-40-25/h4-5,10-13,15,18H,6-9,14H2,1-3H3,(H,37,38)(H2,33,34,39). The van der Waals surface area contributed by atoms with Gasteiger partial charge in [-0.05, 0) is 56.0 Å². The quantitative estimate of drug-likeness (QED) is 0.249. The maximum atomic E-state index is 15.8. The molecule has 12 heteroatoms. The Morgan fingerprint density at radius 2 is 1.80 bits per heavy atom. The second kappa shape index (κ2) is 11.6. The van der Waals surface area contributed by atoms with Gasteiger partial charge in [-0.2, -0.15) is 0 Å². The van der Waals surface area contributed by atoms with Crippen molar-refractivity contribution in [1.82, 2.24) is 5.16 Å². The van der Waals surface area contributed by atoms with E-state index in [-0.39, 0.29) is 71.6 Å². The second-order valence-corrected chi connectivity index (χ2v) is 10.4. The van der Waals surface area contributed by atoms with Crippen LogP contribution in [0.25, 0.3) is 11.1 Å². The van der Waals surface area contributed by atoms with Crippen LogP contribution in [0, 0.1) is 24.5 Å². The minimum atomic E-state index is -2.78. The first-order valence-electron chi connectivity index (χ1n) is 12.9. The molecule has 1 aliphatic rings. The molecule has 0 saturated heterocycles. The van der Waals surface area contributed by atoms with E-state index in [1.54, 1.807) is 11.8 Å². The van der Waals surface area contributed by atoms with Gasteiger partial charge in [0.15, 0.2) is 0 Å². The molecule has 214 valence electrons. The lowest BCUT2D eigenvalue weighted by molar-refractivity contribution is -0.0382. The molecule has 1 heterocycles. The summed E-state index contributed by atoms with van der Waals surface area (Å²) in [6.07, 6.45) is -0.351. The first-order chi connectivity index (χ1) is 18.8. The Morgan fingerprint density at radius 1 is 1.10 bits per heavy atom. The van der Waals surface area contributed by atoms with E-state index in [2.05, 4.69) is 15.8 Å². The van der Waals surface area contributed by atoms with Crippen LogP contribution in [-0.2, 0) is 0 Å². The van der Waals surface area contributed by atoms with Gasteiger partial charge < -0.3 is 19.8 Å². The van der Waals surface area contributed by atoms with Crippen molar-refractivity contribution in [3.8, 4) is 11.1 Å². The number of carbonyl (C=O) groups is 2. The maximum Gasteiger partial charge on any atom is 0.336 e. The van der Waals surface area contributed by atoms with Crippen LogP contribution in [0.4, 0.5) is 39.6 Å². The highest BCUT2D eigenvalue weighted by atomic mass is 19.3. The second-order valence-electron chi connectivity index (χ2n) is 10.4. The minimum absolute atomic E-state index is 0.0470. The van der Waals surface area contributed by atoms with Crippen molar-refractivity contribution in [3.05, 3.63) is 59.3 Å². The van der Waals surface area contributed by atoms with E-state index in [9.17, 15) is 27.9 Å². The molecule has 1 aliphatic carbocycles. The first kappa shape index (κ1) is 28.9. The van der Waals surface area contributed by atoms with E-state index in [0.29, 0.717) is 12.2 Å². The Hall–Kier alpha value is -4.09. The summed E-state index contributed by atoms with van der Waals surface area (Å²) in [7, 11) is 0.